The zero-order chi connectivity index (χ0) is 32.7. The molecule has 8 nitrogen and oxygen atoms in total. The summed E-state index contributed by atoms with van der Waals surface area (Å²) in [5.74, 6) is -1.23. The fourth-order valence-electron chi connectivity index (χ4n) is 5.93. The molecule has 5 aromatic rings. The van der Waals surface area contributed by atoms with Crippen LogP contribution < -0.4 is 20.2 Å². The van der Waals surface area contributed by atoms with Gasteiger partial charge in [-0.1, -0.05) is 47.7 Å². The van der Waals surface area contributed by atoms with Crippen LogP contribution in [0.1, 0.15) is 51.4 Å². The van der Waals surface area contributed by atoms with Crippen LogP contribution in [-0.4, -0.2) is 28.1 Å². The van der Waals surface area contributed by atoms with Crippen molar-refractivity contribution in [1.82, 2.24) is 9.13 Å². The number of ether oxygens (including phenoxy) is 1. The molecule has 3 aromatic carbocycles. The van der Waals surface area contributed by atoms with Crippen LogP contribution >= 0.6 is 11.3 Å². The molecule has 1 N–H and O–H groups in total. The molecule has 0 bridgehead atoms. The lowest BCUT2D eigenvalue weighted by Gasteiger charge is -2.25. The van der Waals surface area contributed by atoms with E-state index >= 15 is 0 Å². The third-order valence-electron chi connectivity index (χ3n) is 8.19. The summed E-state index contributed by atoms with van der Waals surface area (Å²) in [4.78, 5) is 45.4. The van der Waals surface area contributed by atoms with E-state index in [0.717, 1.165) is 28.2 Å². The number of carbonyl (C=O) groups excluding carboxylic acids is 2. The number of thiazole rings is 1. The average molecular weight is 635 g/mol. The molecule has 0 aliphatic carbocycles. The van der Waals surface area contributed by atoms with Gasteiger partial charge in [0.25, 0.3) is 11.5 Å². The van der Waals surface area contributed by atoms with Gasteiger partial charge in [0.1, 0.15) is 5.82 Å². The van der Waals surface area contributed by atoms with E-state index in [4.69, 9.17) is 9.73 Å². The lowest BCUT2D eigenvalue weighted by atomic mass is 9.95. The van der Waals surface area contributed by atoms with Gasteiger partial charge in [-0.05, 0) is 92.9 Å². The number of nitrogens with zero attached hydrogens (tertiary/aromatic N) is 3. The van der Waals surface area contributed by atoms with E-state index in [2.05, 4.69) is 5.32 Å². The number of amides is 1. The summed E-state index contributed by atoms with van der Waals surface area (Å²) in [5, 5.41) is 2.92. The van der Waals surface area contributed by atoms with Gasteiger partial charge in [-0.15, -0.1) is 0 Å². The van der Waals surface area contributed by atoms with E-state index in [0.29, 0.717) is 37.4 Å². The van der Waals surface area contributed by atoms with Gasteiger partial charge in [0.05, 0.1) is 34.5 Å². The molecule has 0 radical (unpaired) electrons. The fourth-order valence-corrected chi connectivity index (χ4v) is 6.97. The number of nitrogens with one attached hydrogen (secondary N) is 1. The van der Waals surface area contributed by atoms with Crippen LogP contribution in [0.15, 0.2) is 99.9 Å². The standard InChI is InChI=1S/C36H31FN4O4S/c1-20-18-25(23(4)40(20)29-13-9-12-28(21(29)2)35(44)45-5)19-30-34(43)41-32(24-14-16-26(37)17-15-24)31(22(3)38-36(41)46-30)33(42)39-27-10-7-6-8-11-27/h6-19,32H,1-5H3,(H,39,42)/b30-19+/t32-/m0/s1. The first-order valence-electron chi connectivity index (χ1n) is 14.6. The van der Waals surface area contributed by atoms with Gasteiger partial charge in [0.15, 0.2) is 4.80 Å². The van der Waals surface area contributed by atoms with E-state index in [9.17, 15) is 18.8 Å². The molecule has 46 heavy (non-hydrogen) atoms. The summed E-state index contributed by atoms with van der Waals surface area (Å²) in [7, 11) is 1.36. The third kappa shape index (κ3) is 5.41. The van der Waals surface area contributed by atoms with E-state index in [1.807, 2.05) is 67.8 Å². The zero-order valence-electron chi connectivity index (χ0n) is 25.9. The van der Waals surface area contributed by atoms with Crippen molar-refractivity contribution in [3.8, 4) is 5.69 Å². The molecule has 0 unspecified atom stereocenters. The van der Waals surface area contributed by atoms with Gasteiger partial charge >= 0.3 is 5.97 Å². The maximum atomic E-state index is 14.2. The van der Waals surface area contributed by atoms with Crippen molar-refractivity contribution in [2.45, 2.75) is 33.7 Å². The SMILES string of the molecule is COC(=O)c1cccc(-n2c(C)cc(/C=c3/sc4n(c3=O)[C@@H](c3ccc(F)cc3)C(C(=O)Nc3ccccc3)=C(C)N=4)c2C)c1C. The predicted molar refractivity (Wildman–Crippen MR) is 177 cm³/mol. The number of hydrogen-bond acceptors (Lipinski definition) is 6. The van der Waals surface area contributed by atoms with Gasteiger partial charge < -0.3 is 14.6 Å². The summed E-state index contributed by atoms with van der Waals surface area (Å²) in [6, 6.07) is 21.5. The second-order valence-corrected chi connectivity index (χ2v) is 12.1. The molecule has 232 valence electrons. The number of carbonyl (C=O) groups is 2. The number of aromatic nitrogens is 2. The average Bonchev–Trinajstić information content (AvgIpc) is 3.50. The summed E-state index contributed by atoms with van der Waals surface area (Å²) < 4.78 is 22.9. The van der Waals surface area contributed by atoms with E-state index in [1.54, 1.807) is 37.3 Å². The fraction of sp³-hybridized carbons (Fsp3) is 0.167. The Morgan fingerprint density at radius 2 is 1.70 bits per heavy atom. The molecule has 1 aliphatic rings. The Hall–Kier alpha value is -5.35. The monoisotopic (exact) mass is 634 g/mol. The number of benzene rings is 3. The molecule has 1 atom stereocenters. The maximum Gasteiger partial charge on any atom is 0.338 e. The summed E-state index contributed by atoms with van der Waals surface area (Å²) in [5.41, 5.74) is 6.34. The summed E-state index contributed by atoms with van der Waals surface area (Å²) in [6.45, 7) is 7.54. The predicted octanol–water partition coefficient (Wildman–Crippen LogP) is 5.52. The zero-order valence-corrected chi connectivity index (χ0v) is 26.7. The minimum atomic E-state index is -0.821. The number of esters is 1. The van der Waals surface area contributed by atoms with Crippen LogP contribution in [0.3, 0.4) is 0 Å². The van der Waals surface area contributed by atoms with Gasteiger partial charge in [0, 0.05) is 22.8 Å². The van der Waals surface area contributed by atoms with Crippen LogP contribution in [0.25, 0.3) is 11.8 Å². The molecule has 2 aromatic heterocycles. The second kappa shape index (κ2) is 12.2. The molecule has 0 fully saturated rings. The van der Waals surface area contributed by atoms with E-state index < -0.39 is 23.7 Å². The number of fused-ring (bicyclic) bond motifs is 1. The molecule has 1 aliphatic heterocycles. The van der Waals surface area contributed by atoms with Crippen molar-refractivity contribution < 1.29 is 18.7 Å². The van der Waals surface area contributed by atoms with Gasteiger partial charge in [-0.25, -0.2) is 14.2 Å². The van der Waals surface area contributed by atoms with Gasteiger partial charge in [-0.2, -0.15) is 0 Å². The van der Waals surface area contributed by atoms with E-state index in [1.165, 1.54) is 35.1 Å². The first kappa shape index (κ1) is 30.7. The van der Waals surface area contributed by atoms with Crippen molar-refractivity contribution in [2.24, 2.45) is 4.99 Å². The topological polar surface area (TPSA) is 94.7 Å². The van der Waals surface area contributed by atoms with Crippen LogP contribution in [-0.2, 0) is 9.53 Å². The number of aryl methyl sites for hydroxylation is 1. The number of para-hydroxylation sites is 1. The molecule has 0 spiro atoms. The molecule has 10 heteroatoms. The Morgan fingerprint density at radius 3 is 2.39 bits per heavy atom. The maximum absolute atomic E-state index is 14.2. The lowest BCUT2D eigenvalue weighted by Crippen LogP contribution is -2.40. The van der Waals surface area contributed by atoms with Gasteiger partial charge in [-0.3, -0.25) is 14.2 Å². The van der Waals surface area contributed by atoms with Gasteiger partial charge in [0.2, 0.25) is 0 Å². The molecule has 0 saturated carbocycles. The molecule has 1 amide bonds. The molecule has 0 saturated heterocycles. The Balaban J connectivity index is 1.48. The first-order valence-corrected chi connectivity index (χ1v) is 15.4. The Kier molecular flexibility index (Phi) is 8.14. The number of hydrogen-bond donors (Lipinski definition) is 1. The molecule has 3 heterocycles. The molecule has 6 rings (SSSR count). The van der Waals surface area contributed by atoms with Crippen LogP contribution in [0.4, 0.5) is 10.1 Å². The van der Waals surface area contributed by atoms with Crippen molar-refractivity contribution in [3.63, 3.8) is 0 Å². The molecular weight excluding hydrogens is 603 g/mol. The number of methoxy groups -OCH3 is 1. The smallest absolute Gasteiger partial charge is 0.338 e. The number of rotatable bonds is 6. The highest BCUT2D eigenvalue weighted by molar-refractivity contribution is 7.07. The third-order valence-corrected chi connectivity index (χ3v) is 9.17. The van der Waals surface area contributed by atoms with Crippen molar-refractivity contribution in [1.29, 1.82) is 0 Å². The largest absolute Gasteiger partial charge is 0.465 e. The minimum absolute atomic E-state index is 0.300. The van der Waals surface area contributed by atoms with Crippen LogP contribution in [0, 0.1) is 26.6 Å². The Morgan fingerprint density at radius 1 is 0.978 bits per heavy atom. The van der Waals surface area contributed by atoms with Crippen LogP contribution in [0.2, 0.25) is 0 Å². The van der Waals surface area contributed by atoms with Crippen LogP contribution in [0.5, 0.6) is 0 Å². The quantitative estimate of drug-likeness (QED) is 0.249. The number of allylic oxidation sites excluding steroid dienone is 1. The Bertz CT molecular complexity index is 2230. The van der Waals surface area contributed by atoms with Crippen molar-refractivity contribution in [2.75, 3.05) is 12.4 Å². The van der Waals surface area contributed by atoms with Crippen molar-refractivity contribution >= 4 is 35.0 Å². The first-order chi connectivity index (χ1) is 22.1. The molecular formula is C36H31FN4O4S. The summed E-state index contributed by atoms with van der Waals surface area (Å²) in [6.07, 6.45) is 1.83. The number of halogens is 1. The minimum Gasteiger partial charge on any atom is -0.465 e. The Labute approximate surface area is 268 Å². The second-order valence-electron chi connectivity index (χ2n) is 11.1. The lowest BCUT2D eigenvalue weighted by molar-refractivity contribution is -0.113. The highest BCUT2D eigenvalue weighted by Gasteiger charge is 2.32. The number of anilines is 1. The summed E-state index contributed by atoms with van der Waals surface area (Å²) >= 11 is 1.23. The van der Waals surface area contributed by atoms with Crippen molar-refractivity contribution in [3.05, 3.63) is 149 Å². The highest BCUT2D eigenvalue weighted by atomic mass is 32.1. The normalized spacial score (nSPS) is 14.6. The van der Waals surface area contributed by atoms with E-state index in [-0.39, 0.29) is 5.56 Å². The highest BCUT2D eigenvalue weighted by Crippen LogP contribution is 2.31.